The van der Waals surface area contributed by atoms with Crippen LogP contribution in [-0.2, 0) is 13.0 Å². The molecule has 0 aliphatic carbocycles. The van der Waals surface area contributed by atoms with Gasteiger partial charge < -0.3 is 10.2 Å². The maximum absolute atomic E-state index is 12.9. The monoisotopic (exact) mass is 344 g/mol. The summed E-state index contributed by atoms with van der Waals surface area (Å²) in [7, 11) is 0. The molecule has 5 heteroatoms. The Balaban J connectivity index is 1.46. The van der Waals surface area contributed by atoms with E-state index in [-0.39, 0.29) is 5.91 Å². The highest BCUT2D eigenvalue weighted by molar-refractivity contribution is 6.06. The van der Waals surface area contributed by atoms with Crippen molar-refractivity contribution in [1.29, 1.82) is 0 Å². The maximum atomic E-state index is 12.9. The second kappa shape index (κ2) is 7.35. The second-order valence-electron chi connectivity index (χ2n) is 6.32. The smallest absolute Gasteiger partial charge is 0.261 e. The summed E-state index contributed by atoms with van der Waals surface area (Å²) < 4.78 is 0. The third-order valence-electron chi connectivity index (χ3n) is 4.55. The minimum absolute atomic E-state index is 0.0493. The third kappa shape index (κ3) is 3.42. The first kappa shape index (κ1) is 16.3. The Labute approximate surface area is 152 Å². The number of anilines is 2. The molecule has 26 heavy (non-hydrogen) atoms. The Hall–Kier alpha value is -3.21. The molecule has 4 rings (SSSR count). The van der Waals surface area contributed by atoms with Crippen molar-refractivity contribution >= 4 is 17.5 Å². The van der Waals surface area contributed by atoms with Crippen molar-refractivity contribution in [3.63, 3.8) is 0 Å². The highest BCUT2D eigenvalue weighted by Gasteiger charge is 2.23. The van der Waals surface area contributed by atoms with Gasteiger partial charge in [-0.1, -0.05) is 48.5 Å². The van der Waals surface area contributed by atoms with E-state index in [2.05, 4.69) is 21.4 Å². The Kier molecular flexibility index (Phi) is 4.60. The zero-order valence-electron chi connectivity index (χ0n) is 14.4. The van der Waals surface area contributed by atoms with Crippen LogP contribution in [-0.4, -0.2) is 22.4 Å². The minimum Gasteiger partial charge on any atom is -0.350 e. The molecule has 1 aromatic heterocycles. The number of hydrogen-bond acceptors (Lipinski definition) is 4. The summed E-state index contributed by atoms with van der Waals surface area (Å²) in [6.45, 7) is 1.37. The Morgan fingerprint density at radius 2 is 1.73 bits per heavy atom. The fourth-order valence-corrected chi connectivity index (χ4v) is 3.21. The number of aryl methyl sites for hydroxylation is 1. The molecular formula is C21H20N4O. The SMILES string of the molecule is O=C(c1cnc(NCc2ccccc2)nc1)N1CCCc2ccccc21. The molecule has 130 valence electrons. The van der Waals surface area contributed by atoms with Crippen LogP contribution in [0.1, 0.15) is 27.9 Å². The van der Waals surface area contributed by atoms with Crippen LogP contribution in [0.3, 0.4) is 0 Å². The second-order valence-corrected chi connectivity index (χ2v) is 6.32. The van der Waals surface area contributed by atoms with E-state index in [1.54, 1.807) is 12.4 Å². The lowest BCUT2D eigenvalue weighted by molar-refractivity contribution is 0.0984. The lowest BCUT2D eigenvalue weighted by Gasteiger charge is -2.29. The summed E-state index contributed by atoms with van der Waals surface area (Å²) in [5.74, 6) is 0.469. The molecule has 0 bridgehead atoms. The van der Waals surface area contributed by atoms with Crippen LogP contribution in [0.15, 0.2) is 67.0 Å². The van der Waals surface area contributed by atoms with Gasteiger partial charge in [0, 0.05) is 31.2 Å². The van der Waals surface area contributed by atoms with E-state index < -0.39 is 0 Å². The summed E-state index contributed by atoms with van der Waals surface area (Å²) in [5, 5.41) is 3.18. The average molecular weight is 344 g/mol. The fourth-order valence-electron chi connectivity index (χ4n) is 3.21. The number of hydrogen-bond donors (Lipinski definition) is 1. The van der Waals surface area contributed by atoms with Gasteiger partial charge in [0.15, 0.2) is 0 Å². The molecular weight excluding hydrogens is 324 g/mol. The van der Waals surface area contributed by atoms with Crippen LogP contribution >= 0.6 is 0 Å². The topological polar surface area (TPSA) is 58.1 Å². The predicted octanol–water partition coefficient (Wildman–Crippen LogP) is 3.68. The summed E-state index contributed by atoms with van der Waals surface area (Å²) in [6.07, 6.45) is 5.18. The van der Waals surface area contributed by atoms with E-state index in [0.717, 1.165) is 30.6 Å². The Morgan fingerprint density at radius 1 is 1.00 bits per heavy atom. The number of benzene rings is 2. The first-order chi connectivity index (χ1) is 12.8. The molecule has 0 radical (unpaired) electrons. The van der Waals surface area contributed by atoms with Crippen LogP contribution in [0, 0.1) is 0 Å². The zero-order chi connectivity index (χ0) is 17.8. The van der Waals surface area contributed by atoms with Crippen molar-refractivity contribution in [3.8, 4) is 0 Å². The lowest BCUT2D eigenvalue weighted by atomic mass is 10.0. The van der Waals surface area contributed by atoms with Crippen LogP contribution in [0.2, 0.25) is 0 Å². The van der Waals surface area contributed by atoms with Crippen molar-refractivity contribution in [2.45, 2.75) is 19.4 Å². The van der Waals surface area contributed by atoms with Gasteiger partial charge in [0.2, 0.25) is 5.95 Å². The van der Waals surface area contributed by atoms with Gasteiger partial charge in [0.05, 0.1) is 5.56 Å². The highest BCUT2D eigenvalue weighted by atomic mass is 16.2. The molecule has 1 aliphatic rings. The summed E-state index contributed by atoms with van der Waals surface area (Å²) in [5.41, 5.74) is 3.87. The van der Waals surface area contributed by atoms with Gasteiger partial charge in [0.25, 0.3) is 5.91 Å². The van der Waals surface area contributed by atoms with Crippen molar-refractivity contribution in [3.05, 3.63) is 83.7 Å². The molecule has 0 spiro atoms. The van der Waals surface area contributed by atoms with Crippen LogP contribution in [0.5, 0.6) is 0 Å². The largest absolute Gasteiger partial charge is 0.350 e. The minimum atomic E-state index is -0.0493. The van der Waals surface area contributed by atoms with E-state index in [1.807, 2.05) is 53.4 Å². The first-order valence-corrected chi connectivity index (χ1v) is 8.81. The van der Waals surface area contributed by atoms with Crippen LogP contribution in [0.4, 0.5) is 11.6 Å². The van der Waals surface area contributed by atoms with Crippen molar-refractivity contribution in [1.82, 2.24) is 9.97 Å². The van der Waals surface area contributed by atoms with Crippen LogP contribution in [0.25, 0.3) is 0 Å². The number of carbonyl (C=O) groups excluding carboxylic acids is 1. The Morgan fingerprint density at radius 3 is 2.54 bits per heavy atom. The van der Waals surface area contributed by atoms with Gasteiger partial charge in [-0.25, -0.2) is 9.97 Å². The van der Waals surface area contributed by atoms with E-state index in [9.17, 15) is 4.79 Å². The molecule has 0 atom stereocenters. The van der Waals surface area contributed by atoms with Gasteiger partial charge in [-0.05, 0) is 30.0 Å². The molecule has 5 nitrogen and oxygen atoms in total. The molecule has 1 amide bonds. The fraction of sp³-hybridized carbons (Fsp3) is 0.190. The van der Waals surface area contributed by atoms with E-state index in [0.29, 0.717) is 18.1 Å². The number of rotatable bonds is 4. The summed E-state index contributed by atoms with van der Waals surface area (Å²) in [4.78, 5) is 23.3. The molecule has 2 heterocycles. The molecule has 1 N–H and O–H groups in total. The molecule has 0 saturated heterocycles. The number of aromatic nitrogens is 2. The summed E-state index contributed by atoms with van der Waals surface area (Å²) in [6, 6.07) is 18.1. The first-order valence-electron chi connectivity index (χ1n) is 8.81. The van der Waals surface area contributed by atoms with Gasteiger partial charge >= 0.3 is 0 Å². The number of fused-ring (bicyclic) bond motifs is 1. The maximum Gasteiger partial charge on any atom is 0.261 e. The quantitative estimate of drug-likeness (QED) is 0.784. The molecule has 0 saturated carbocycles. The number of carbonyl (C=O) groups is 1. The number of nitrogens with zero attached hydrogens (tertiary/aromatic N) is 3. The van der Waals surface area contributed by atoms with E-state index in [4.69, 9.17) is 0 Å². The van der Waals surface area contributed by atoms with Crippen LogP contribution < -0.4 is 10.2 Å². The normalized spacial score (nSPS) is 13.2. The summed E-state index contributed by atoms with van der Waals surface area (Å²) >= 11 is 0. The van der Waals surface area contributed by atoms with Crippen molar-refractivity contribution in [2.24, 2.45) is 0 Å². The average Bonchev–Trinajstić information content (AvgIpc) is 2.72. The van der Waals surface area contributed by atoms with Crippen molar-refractivity contribution in [2.75, 3.05) is 16.8 Å². The number of para-hydroxylation sites is 1. The molecule has 1 aliphatic heterocycles. The number of amides is 1. The van der Waals surface area contributed by atoms with Crippen molar-refractivity contribution < 1.29 is 4.79 Å². The Bertz CT molecular complexity index is 893. The number of nitrogens with one attached hydrogen (secondary N) is 1. The van der Waals surface area contributed by atoms with E-state index >= 15 is 0 Å². The molecule has 0 unspecified atom stereocenters. The van der Waals surface area contributed by atoms with Gasteiger partial charge in [-0.3, -0.25) is 4.79 Å². The molecule has 3 aromatic rings. The van der Waals surface area contributed by atoms with Gasteiger partial charge in [0.1, 0.15) is 0 Å². The van der Waals surface area contributed by atoms with Gasteiger partial charge in [-0.15, -0.1) is 0 Å². The van der Waals surface area contributed by atoms with Gasteiger partial charge in [-0.2, -0.15) is 0 Å². The third-order valence-corrected chi connectivity index (χ3v) is 4.55. The zero-order valence-corrected chi connectivity index (χ0v) is 14.4. The standard InChI is InChI=1S/C21H20N4O/c26-20(25-12-6-10-17-9-4-5-11-19(17)25)18-14-23-21(24-15-18)22-13-16-7-2-1-3-8-16/h1-5,7-9,11,14-15H,6,10,12-13H2,(H,22,23,24). The molecule has 2 aromatic carbocycles. The lowest BCUT2D eigenvalue weighted by Crippen LogP contribution is -2.35. The van der Waals surface area contributed by atoms with E-state index in [1.165, 1.54) is 5.56 Å². The molecule has 0 fully saturated rings. The predicted molar refractivity (Wildman–Crippen MR) is 102 cm³/mol. The highest BCUT2D eigenvalue weighted by Crippen LogP contribution is 2.27.